The molecule has 0 N–H and O–H groups in total. The molecule has 5 aromatic rings. The smallest absolute Gasteiger partial charge is 0.338 e. The van der Waals surface area contributed by atoms with Crippen LogP contribution in [0.15, 0.2) is 51.7 Å². The van der Waals surface area contributed by atoms with Gasteiger partial charge in [0, 0.05) is 17.2 Å². The van der Waals surface area contributed by atoms with Crippen LogP contribution >= 0.6 is 11.3 Å². The number of furan rings is 1. The summed E-state index contributed by atoms with van der Waals surface area (Å²) in [5, 5.41) is 0. The van der Waals surface area contributed by atoms with Crippen LogP contribution < -0.4 is 10.1 Å². The maximum Gasteiger partial charge on any atom is 0.338 e. The Hall–Kier alpha value is -3.71. The SMILES string of the molecule is Cc1ccc2c(nc3sc(=Cc4ccc(-c5ccc6c(c5)COC6=O)o4)c(=O)n32)c1C. The molecule has 31 heavy (non-hydrogen) atoms. The van der Waals surface area contributed by atoms with Gasteiger partial charge in [-0.25, -0.2) is 14.2 Å². The maximum absolute atomic E-state index is 13.1. The number of aromatic nitrogens is 2. The number of ether oxygens (including phenoxy) is 1. The second kappa shape index (κ2) is 6.39. The molecule has 0 bridgehead atoms. The van der Waals surface area contributed by atoms with E-state index in [1.165, 1.54) is 11.3 Å². The number of aryl methyl sites for hydroxylation is 2. The van der Waals surface area contributed by atoms with Crippen LogP contribution in [-0.4, -0.2) is 15.4 Å². The van der Waals surface area contributed by atoms with Crippen LogP contribution in [0.25, 0.3) is 33.4 Å². The molecule has 152 valence electrons. The topological polar surface area (TPSA) is 73.8 Å². The van der Waals surface area contributed by atoms with Gasteiger partial charge in [-0.05, 0) is 55.3 Å². The lowest BCUT2D eigenvalue weighted by molar-refractivity contribution is 0.0535. The lowest BCUT2D eigenvalue weighted by Gasteiger charge is -1.99. The van der Waals surface area contributed by atoms with Gasteiger partial charge in [-0.3, -0.25) is 4.79 Å². The van der Waals surface area contributed by atoms with Gasteiger partial charge in [-0.1, -0.05) is 23.5 Å². The molecule has 0 unspecified atom stereocenters. The van der Waals surface area contributed by atoms with E-state index in [9.17, 15) is 9.59 Å². The summed E-state index contributed by atoms with van der Waals surface area (Å²) in [5.41, 5.74) is 6.15. The molecule has 6 nitrogen and oxygen atoms in total. The highest BCUT2D eigenvalue weighted by Gasteiger charge is 2.21. The summed E-state index contributed by atoms with van der Waals surface area (Å²) in [6.07, 6.45) is 1.75. The molecule has 0 saturated heterocycles. The molecule has 0 spiro atoms. The number of rotatable bonds is 2. The summed E-state index contributed by atoms with van der Waals surface area (Å²) in [6.45, 7) is 4.35. The van der Waals surface area contributed by atoms with Gasteiger partial charge in [0.2, 0.25) is 0 Å². The molecule has 0 amide bonds. The van der Waals surface area contributed by atoms with E-state index in [0.717, 1.165) is 33.3 Å². The molecule has 2 aromatic carbocycles. The average molecular weight is 428 g/mol. The van der Waals surface area contributed by atoms with Crippen LogP contribution in [-0.2, 0) is 11.3 Å². The Bertz CT molecular complexity index is 1650. The summed E-state index contributed by atoms with van der Waals surface area (Å²) < 4.78 is 13.3. The first-order valence-electron chi connectivity index (χ1n) is 9.83. The molecule has 1 aliphatic heterocycles. The molecule has 4 heterocycles. The van der Waals surface area contributed by atoms with E-state index in [-0.39, 0.29) is 18.1 Å². The molecular formula is C24H16N2O4S. The molecule has 0 radical (unpaired) electrons. The van der Waals surface area contributed by atoms with E-state index >= 15 is 0 Å². The minimum Gasteiger partial charge on any atom is -0.457 e. The number of thiazole rings is 1. The molecular weight excluding hydrogens is 412 g/mol. The Labute approximate surface area is 180 Å². The monoisotopic (exact) mass is 428 g/mol. The molecule has 7 heteroatoms. The van der Waals surface area contributed by atoms with Crippen molar-refractivity contribution in [2.75, 3.05) is 0 Å². The van der Waals surface area contributed by atoms with E-state index in [1.807, 2.05) is 50.2 Å². The standard InChI is InChI=1S/C24H16N2O4S/c1-12-3-7-18-21(13(12)2)25-24-26(18)22(27)20(31-24)10-16-5-8-19(30-16)14-4-6-17-15(9-14)11-29-23(17)28/h3-10H,11H2,1-2H3. The number of benzene rings is 2. The first-order chi connectivity index (χ1) is 15.0. The molecule has 0 saturated carbocycles. The minimum absolute atomic E-state index is 0.100. The zero-order valence-electron chi connectivity index (χ0n) is 16.8. The van der Waals surface area contributed by atoms with Crippen LogP contribution in [0.5, 0.6) is 0 Å². The van der Waals surface area contributed by atoms with E-state index in [1.54, 1.807) is 16.5 Å². The van der Waals surface area contributed by atoms with Crippen LogP contribution in [0.4, 0.5) is 0 Å². The number of nitrogens with zero attached hydrogens (tertiary/aromatic N) is 2. The number of hydrogen-bond donors (Lipinski definition) is 0. The van der Waals surface area contributed by atoms with E-state index in [0.29, 0.717) is 26.6 Å². The number of imidazole rings is 1. The number of fused-ring (bicyclic) bond motifs is 4. The third-order valence-electron chi connectivity index (χ3n) is 5.80. The summed E-state index contributed by atoms with van der Waals surface area (Å²) in [7, 11) is 0. The van der Waals surface area contributed by atoms with E-state index < -0.39 is 0 Å². The lowest BCUT2D eigenvalue weighted by Crippen LogP contribution is -2.22. The zero-order valence-corrected chi connectivity index (χ0v) is 17.6. The van der Waals surface area contributed by atoms with Crippen LogP contribution in [0.2, 0.25) is 0 Å². The largest absolute Gasteiger partial charge is 0.457 e. The van der Waals surface area contributed by atoms with Gasteiger partial charge in [-0.15, -0.1) is 0 Å². The predicted molar refractivity (Wildman–Crippen MR) is 118 cm³/mol. The molecule has 3 aromatic heterocycles. The van der Waals surface area contributed by atoms with Crippen LogP contribution in [0.1, 0.15) is 32.8 Å². The minimum atomic E-state index is -0.293. The van der Waals surface area contributed by atoms with Gasteiger partial charge in [0.05, 0.1) is 16.6 Å². The highest BCUT2D eigenvalue weighted by Crippen LogP contribution is 2.28. The number of cyclic esters (lactones) is 1. The Morgan fingerprint density at radius 3 is 2.84 bits per heavy atom. The van der Waals surface area contributed by atoms with Crippen LogP contribution in [0, 0.1) is 13.8 Å². The van der Waals surface area contributed by atoms with Crippen molar-refractivity contribution in [3.63, 3.8) is 0 Å². The van der Waals surface area contributed by atoms with Gasteiger partial charge in [-0.2, -0.15) is 0 Å². The fourth-order valence-corrected chi connectivity index (χ4v) is 4.93. The van der Waals surface area contributed by atoms with Gasteiger partial charge in [0.1, 0.15) is 22.7 Å². The number of carbonyl (C=O) groups is 1. The first-order valence-corrected chi connectivity index (χ1v) is 10.6. The van der Waals surface area contributed by atoms with Crippen LogP contribution in [0.3, 0.4) is 0 Å². The molecule has 0 atom stereocenters. The van der Waals surface area contributed by atoms with Gasteiger partial charge in [0.25, 0.3) is 5.56 Å². The summed E-state index contributed by atoms with van der Waals surface area (Å²) in [4.78, 5) is 30.0. The molecule has 6 rings (SSSR count). The fourth-order valence-electron chi connectivity index (χ4n) is 3.97. The molecule has 0 fully saturated rings. The summed E-state index contributed by atoms with van der Waals surface area (Å²) >= 11 is 1.35. The molecule has 1 aliphatic rings. The van der Waals surface area contributed by atoms with Crippen molar-refractivity contribution >= 4 is 39.4 Å². The molecule has 0 aliphatic carbocycles. The van der Waals surface area contributed by atoms with Gasteiger partial charge < -0.3 is 9.15 Å². The maximum atomic E-state index is 13.1. The average Bonchev–Trinajstić information content (AvgIpc) is 3.52. The first kappa shape index (κ1) is 18.1. The van der Waals surface area contributed by atoms with Crippen molar-refractivity contribution in [1.29, 1.82) is 0 Å². The van der Waals surface area contributed by atoms with Crippen molar-refractivity contribution in [1.82, 2.24) is 9.38 Å². The second-order valence-corrected chi connectivity index (χ2v) is 8.68. The second-order valence-electron chi connectivity index (χ2n) is 7.67. The normalized spacial score (nSPS) is 14.0. The quantitative estimate of drug-likeness (QED) is 0.397. The van der Waals surface area contributed by atoms with E-state index in [2.05, 4.69) is 4.98 Å². The Morgan fingerprint density at radius 1 is 1.10 bits per heavy atom. The lowest BCUT2D eigenvalue weighted by atomic mass is 10.0. The van der Waals surface area contributed by atoms with Crippen molar-refractivity contribution < 1.29 is 13.9 Å². The zero-order chi connectivity index (χ0) is 21.3. The Kier molecular flexibility index (Phi) is 3.73. The van der Waals surface area contributed by atoms with Crippen molar-refractivity contribution in [3.05, 3.63) is 85.4 Å². The third kappa shape index (κ3) is 2.67. The highest BCUT2D eigenvalue weighted by atomic mass is 32.1. The van der Waals surface area contributed by atoms with Crippen molar-refractivity contribution in [2.24, 2.45) is 0 Å². The number of hydrogen-bond acceptors (Lipinski definition) is 6. The third-order valence-corrected chi connectivity index (χ3v) is 6.77. The number of esters is 1. The Balaban J connectivity index is 1.43. The van der Waals surface area contributed by atoms with Crippen molar-refractivity contribution in [3.8, 4) is 11.3 Å². The van der Waals surface area contributed by atoms with Crippen molar-refractivity contribution in [2.45, 2.75) is 20.5 Å². The highest BCUT2D eigenvalue weighted by molar-refractivity contribution is 7.15. The summed E-state index contributed by atoms with van der Waals surface area (Å²) in [5.74, 6) is 0.957. The summed E-state index contributed by atoms with van der Waals surface area (Å²) in [6, 6.07) is 13.1. The fraction of sp³-hybridized carbons (Fsp3) is 0.125. The Morgan fingerprint density at radius 2 is 1.97 bits per heavy atom. The predicted octanol–water partition coefficient (Wildman–Crippen LogP) is 4.00. The number of carbonyl (C=O) groups excluding carboxylic acids is 1. The van der Waals surface area contributed by atoms with Gasteiger partial charge >= 0.3 is 5.97 Å². The van der Waals surface area contributed by atoms with E-state index in [4.69, 9.17) is 9.15 Å². The van der Waals surface area contributed by atoms with Gasteiger partial charge in [0.15, 0.2) is 4.96 Å².